The molecule has 3 amide bonds. The minimum atomic E-state index is -1.05. The minimum absolute atomic E-state index is 0.237. The maximum absolute atomic E-state index is 11.3. The molecule has 0 unspecified atom stereocenters. The topological polar surface area (TPSA) is 131 Å². The zero-order chi connectivity index (χ0) is 12.8. The van der Waals surface area contributed by atoms with E-state index in [1.807, 2.05) is 0 Å². The van der Waals surface area contributed by atoms with Gasteiger partial charge in [0.05, 0.1) is 0 Å². The molecule has 1 aromatic rings. The molecule has 0 saturated carbocycles. The van der Waals surface area contributed by atoms with Crippen LogP contribution in [0.5, 0.6) is 0 Å². The van der Waals surface area contributed by atoms with Gasteiger partial charge in [0, 0.05) is 6.20 Å². The van der Waals surface area contributed by atoms with Crippen molar-refractivity contribution in [1.82, 2.24) is 10.3 Å². The minimum Gasteiger partial charge on any atom is -0.452 e. The Hall–Kier alpha value is -2.64. The number of hydrogen-bond donors (Lipinski definition) is 3. The van der Waals surface area contributed by atoms with Gasteiger partial charge < -0.3 is 15.5 Å². The van der Waals surface area contributed by atoms with Gasteiger partial charge in [-0.05, 0) is 12.1 Å². The van der Waals surface area contributed by atoms with Crippen molar-refractivity contribution in [2.75, 3.05) is 6.61 Å². The quantitative estimate of drug-likeness (QED) is 0.565. The zero-order valence-electron chi connectivity index (χ0n) is 8.56. The Morgan fingerprint density at radius 3 is 2.71 bits per heavy atom. The first kappa shape index (κ1) is 12.4. The highest BCUT2D eigenvalue weighted by atomic mass is 16.5. The molecule has 1 rings (SSSR count). The predicted molar refractivity (Wildman–Crippen MR) is 55.1 cm³/mol. The van der Waals surface area contributed by atoms with Crippen LogP contribution < -0.4 is 16.6 Å². The summed E-state index contributed by atoms with van der Waals surface area (Å²) in [5.74, 6) is -1.84. The highest BCUT2D eigenvalue weighted by Gasteiger charge is 2.13. The van der Waals surface area contributed by atoms with Crippen molar-refractivity contribution in [2.45, 2.75) is 0 Å². The van der Waals surface area contributed by atoms with E-state index in [0.29, 0.717) is 0 Å². The molecule has 0 bridgehead atoms. The number of hydrogen-bond acceptors (Lipinski definition) is 5. The number of carbonyl (C=O) groups is 3. The maximum Gasteiger partial charge on any atom is 0.344 e. The van der Waals surface area contributed by atoms with Gasteiger partial charge in [0.15, 0.2) is 6.61 Å². The number of esters is 1. The monoisotopic (exact) mass is 239 g/mol. The molecule has 0 spiro atoms. The first-order chi connectivity index (χ1) is 8.00. The van der Waals surface area contributed by atoms with Crippen molar-refractivity contribution in [3.05, 3.63) is 34.2 Å². The van der Waals surface area contributed by atoms with Crippen molar-refractivity contribution < 1.29 is 19.1 Å². The van der Waals surface area contributed by atoms with Crippen molar-refractivity contribution in [3.8, 4) is 0 Å². The lowest BCUT2D eigenvalue weighted by Gasteiger charge is -2.03. The van der Waals surface area contributed by atoms with Gasteiger partial charge in [-0.2, -0.15) is 0 Å². The fraction of sp³-hybridized carbons (Fsp3) is 0.111. The van der Waals surface area contributed by atoms with Crippen molar-refractivity contribution in [1.29, 1.82) is 0 Å². The number of urea groups is 1. The van der Waals surface area contributed by atoms with Gasteiger partial charge in [0.2, 0.25) is 0 Å². The molecule has 1 heterocycles. The summed E-state index contributed by atoms with van der Waals surface area (Å²) in [6.45, 7) is -0.698. The van der Waals surface area contributed by atoms with E-state index in [9.17, 15) is 19.2 Å². The summed E-state index contributed by atoms with van der Waals surface area (Å²) in [6, 6.07) is 1.62. The van der Waals surface area contributed by atoms with Crippen LogP contribution in [-0.4, -0.2) is 29.5 Å². The van der Waals surface area contributed by atoms with E-state index < -0.39 is 30.1 Å². The Bertz CT molecular complexity index is 507. The Labute approximate surface area is 94.8 Å². The van der Waals surface area contributed by atoms with Gasteiger partial charge in [-0.1, -0.05) is 0 Å². The Balaban J connectivity index is 2.57. The maximum atomic E-state index is 11.3. The molecule has 4 N–H and O–H groups in total. The smallest absolute Gasteiger partial charge is 0.344 e. The molecule has 0 aliphatic carbocycles. The lowest BCUT2D eigenvalue weighted by molar-refractivity contribution is -0.123. The largest absolute Gasteiger partial charge is 0.452 e. The van der Waals surface area contributed by atoms with E-state index in [2.05, 4.69) is 15.5 Å². The number of carbonyl (C=O) groups excluding carboxylic acids is 3. The Kier molecular flexibility index (Phi) is 3.98. The first-order valence-corrected chi connectivity index (χ1v) is 4.45. The normalized spacial score (nSPS) is 9.41. The summed E-state index contributed by atoms with van der Waals surface area (Å²) in [5, 5.41) is 1.70. The van der Waals surface area contributed by atoms with Crippen LogP contribution in [0.2, 0.25) is 0 Å². The van der Waals surface area contributed by atoms with E-state index >= 15 is 0 Å². The third-order valence-corrected chi connectivity index (χ3v) is 1.64. The van der Waals surface area contributed by atoms with E-state index in [4.69, 9.17) is 0 Å². The number of nitrogens with two attached hydrogens (primary N) is 1. The van der Waals surface area contributed by atoms with Crippen LogP contribution in [-0.2, 0) is 9.53 Å². The number of aromatic amines is 1. The number of amides is 3. The Morgan fingerprint density at radius 1 is 1.41 bits per heavy atom. The van der Waals surface area contributed by atoms with Gasteiger partial charge >= 0.3 is 12.0 Å². The summed E-state index contributed by atoms with van der Waals surface area (Å²) in [6.07, 6.45) is 1.35. The van der Waals surface area contributed by atoms with Gasteiger partial charge in [-0.15, -0.1) is 0 Å². The molecule has 0 aromatic carbocycles. The number of pyridine rings is 1. The first-order valence-electron chi connectivity index (χ1n) is 4.45. The number of nitrogens with one attached hydrogen (secondary N) is 2. The second kappa shape index (κ2) is 5.45. The number of H-pyrrole nitrogens is 1. The number of primary amides is 1. The third kappa shape index (κ3) is 3.78. The predicted octanol–water partition coefficient (Wildman–Crippen LogP) is -1.27. The molecule has 0 saturated heterocycles. The number of rotatable bonds is 3. The Morgan fingerprint density at radius 2 is 2.12 bits per heavy atom. The number of imide groups is 1. The van der Waals surface area contributed by atoms with Gasteiger partial charge in [-0.25, -0.2) is 9.59 Å². The average Bonchev–Trinajstić information content (AvgIpc) is 2.25. The molecule has 1 aromatic heterocycles. The molecule has 0 fully saturated rings. The van der Waals surface area contributed by atoms with E-state index in [0.717, 1.165) is 0 Å². The number of ether oxygens (including phenoxy) is 1. The average molecular weight is 239 g/mol. The standard InChI is InChI=1S/C9H9N3O5/c10-9(16)12-6(13)4-17-8(15)5-2-1-3-11-7(5)14/h1-3H,4H2,(H,11,14)(H3,10,12,13,16). The number of aromatic nitrogens is 1. The van der Waals surface area contributed by atoms with Crippen molar-refractivity contribution in [3.63, 3.8) is 0 Å². The molecule has 90 valence electrons. The molecular formula is C9H9N3O5. The second-order valence-corrected chi connectivity index (χ2v) is 2.90. The molecular weight excluding hydrogens is 230 g/mol. The van der Waals surface area contributed by atoms with Crippen LogP contribution in [0.15, 0.2) is 23.1 Å². The SMILES string of the molecule is NC(=O)NC(=O)COC(=O)c1ccc[nH]c1=O. The molecule has 0 atom stereocenters. The molecule has 0 radical (unpaired) electrons. The molecule has 0 aliphatic heterocycles. The van der Waals surface area contributed by atoms with Crippen LogP contribution in [0.4, 0.5) is 4.79 Å². The molecule has 8 nitrogen and oxygen atoms in total. The van der Waals surface area contributed by atoms with Gasteiger partial charge in [0.25, 0.3) is 11.5 Å². The van der Waals surface area contributed by atoms with E-state index in [1.165, 1.54) is 18.3 Å². The summed E-state index contributed by atoms with van der Waals surface area (Å²) in [7, 11) is 0. The van der Waals surface area contributed by atoms with Crippen LogP contribution in [0.3, 0.4) is 0 Å². The highest BCUT2D eigenvalue weighted by molar-refractivity contribution is 5.96. The van der Waals surface area contributed by atoms with Crippen LogP contribution in [0, 0.1) is 0 Å². The van der Waals surface area contributed by atoms with Gasteiger partial charge in [0.1, 0.15) is 5.56 Å². The zero-order valence-corrected chi connectivity index (χ0v) is 8.56. The van der Waals surface area contributed by atoms with Crippen LogP contribution in [0.1, 0.15) is 10.4 Å². The molecule has 17 heavy (non-hydrogen) atoms. The fourth-order valence-electron chi connectivity index (χ4n) is 0.965. The van der Waals surface area contributed by atoms with Crippen molar-refractivity contribution in [2.24, 2.45) is 5.73 Å². The summed E-state index contributed by atoms with van der Waals surface area (Å²) in [4.78, 5) is 45.9. The lowest BCUT2D eigenvalue weighted by atomic mass is 10.3. The third-order valence-electron chi connectivity index (χ3n) is 1.64. The van der Waals surface area contributed by atoms with E-state index in [1.54, 1.807) is 5.32 Å². The van der Waals surface area contributed by atoms with Crippen LogP contribution in [0.25, 0.3) is 0 Å². The van der Waals surface area contributed by atoms with Crippen molar-refractivity contribution >= 4 is 17.9 Å². The summed E-state index contributed by atoms with van der Waals surface area (Å²) >= 11 is 0. The second-order valence-electron chi connectivity index (χ2n) is 2.90. The molecule has 8 heteroatoms. The summed E-state index contributed by atoms with van der Waals surface area (Å²) in [5.41, 5.74) is 3.80. The lowest BCUT2D eigenvalue weighted by Crippen LogP contribution is -2.38. The van der Waals surface area contributed by atoms with E-state index in [-0.39, 0.29) is 5.56 Å². The fourth-order valence-corrected chi connectivity index (χ4v) is 0.965. The highest BCUT2D eigenvalue weighted by Crippen LogP contribution is 1.93. The molecule has 0 aliphatic rings. The summed E-state index contributed by atoms with van der Waals surface area (Å²) < 4.78 is 4.49. The van der Waals surface area contributed by atoms with Crippen LogP contribution >= 0.6 is 0 Å². The van der Waals surface area contributed by atoms with Gasteiger partial charge in [-0.3, -0.25) is 14.9 Å².